The van der Waals surface area contributed by atoms with Gasteiger partial charge in [-0.05, 0) is 6.07 Å². The van der Waals surface area contributed by atoms with Crippen LogP contribution in [-0.2, 0) is 11.8 Å². The lowest BCUT2D eigenvalue weighted by Crippen LogP contribution is -2.11. The molecule has 0 radical (unpaired) electrons. The van der Waals surface area contributed by atoms with Gasteiger partial charge in [0.05, 0.1) is 15.7 Å². The largest absolute Gasteiger partial charge is 0.508 e. The zero-order valence-corrected chi connectivity index (χ0v) is 12.6. The lowest BCUT2D eigenvalue weighted by atomic mass is 9.93. The molecule has 0 saturated carbocycles. The van der Waals surface area contributed by atoms with E-state index in [-0.39, 0.29) is 16.2 Å². The highest BCUT2D eigenvalue weighted by molar-refractivity contribution is 7.09. The number of hydrogen-bond acceptors (Lipinski definition) is 3. The van der Waals surface area contributed by atoms with Gasteiger partial charge in [0.15, 0.2) is 0 Å². The molecule has 2 aromatic rings. The third-order valence-corrected chi connectivity index (χ3v) is 3.92. The molecule has 0 saturated heterocycles. The van der Waals surface area contributed by atoms with Crippen molar-refractivity contribution in [3.63, 3.8) is 0 Å². The standard InChI is InChI=1S/C14H15ClFNOS/c1-14(2,3)12-7-19-13(17-12)5-8-4-9(15)10(16)6-11(8)18/h4,6-7,18H,5H2,1-3H3. The van der Waals surface area contributed by atoms with Gasteiger partial charge in [-0.1, -0.05) is 32.4 Å². The Morgan fingerprint density at radius 2 is 2.05 bits per heavy atom. The molecule has 0 aliphatic heterocycles. The number of hydrogen-bond donors (Lipinski definition) is 1. The van der Waals surface area contributed by atoms with E-state index in [2.05, 4.69) is 25.8 Å². The van der Waals surface area contributed by atoms with E-state index >= 15 is 0 Å². The number of aromatic hydroxyl groups is 1. The van der Waals surface area contributed by atoms with Crippen molar-refractivity contribution < 1.29 is 9.50 Å². The normalized spacial score (nSPS) is 11.8. The van der Waals surface area contributed by atoms with Crippen LogP contribution < -0.4 is 0 Å². The minimum Gasteiger partial charge on any atom is -0.508 e. The summed E-state index contributed by atoms with van der Waals surface area (Å²) in [5, 5.41) is 12.6. The summed E-state index contributed by atoms with van der Waals surface area (Å²) in [7, 11) is 0. The van der Waals surface area contributed by atoms with E-state index in [1.54, 1.807) is 0 Å². The fraction of sp³-hybridized carbons (Fsp3) is 0.357. The van der Waals surface area contributed by atoms with Crippen molar-refractivity contribution in [1.29, 1.82) is 0 Å². The molecule has 1 N–H and O–H groups in total. The highest BCUT2D eigenvalue weighted by Crippen LogP contribution is 2.29. The van der Waals surface area contributed by atoms with Crippen LogP contribution in [0.4, 0.5) is 4.39 Å². The maximum atomic E-state index is 13.2. The topological polar surface area (TPSA) is 33.1 Å². The van der Waals surface area contributed by atoms with Crippen LogP contribution in [0.5, 0.6) is 5.75 Å². The van der Waals surface area contributed by atoms with Gasteiger partial charge in [-0.2, -0.15) is 0 Å². The second kappa shape index (κ2) is 5.10. The number of phenols is 1. The summed E-state index contributed by atoms with van der Waals surface area (Å²) in [6.45, 7) is 6.29. The van der Waals surface area contributed by atoms with E-state index in [1.165, 1.54) is 17.4 Å². The van der Waals surface area contributed by atoms with Gasteiger partial charge in [-0.25, -0.2) is 9.37 Å². The van der Waals surface area contributed by atoms with Gasteiger partial charge in [-0.3, -0.25) is 0 Å². The molecule has 0 aliphatic rings. The van der Waals surface area contributed by atoms with Crippen LogP contribution in [0, 0.1) is 5.82 Å². The number of nitrogens with zero attached hydrogens (tertiary/aromatic N) is 1. The monoisotopic (exact) mass is 299 g/mol. The number of rotatable bonds is 2. The molecule has 1 aromatic heterocycles. The quantitative estimate of drug-likeness (QED) is 0.884. The Kier molecular flexibility index (Phi) is 3.83. The Hall–Kier alpha value is -1.13. The van der Waals surface area contributed by atoms with E-state index in [9.17, 15) is 9.50 Å². The van der Waals surface area contributed by atoms with E-state index in [0.717, 1.165) is 16.8 Å². The molecule has 0 unspecified atom stereocenters. The van der Waals surface area contributed by atoms with Crippen LogP contribution in [0.2, 0.25) is 5.02 Å². The van der Waals surface area contributed by atoms with Crippen molar-refractivity contribution in [3.05, 3.63) is 44.6 Å². The van der Waals surface area contributed by atoms with Crippen molar-refractivity contribution in [1.82, 2.24) is 4.98 Å². The van der Waals surface area contributed by atoms with E-state index in [4.69, 9.17) is 11.6 Å². The molecule has 5 heteroatoms. The maximum Gasteiger partial charge on any atom is 0.145 e. The third kappa shape index (κ3) is 3.25. The Balaban J connectivity index is 2.27. The van der Waals surface area contributed by atoms with Crippen molar-refractivity contribution in [2.75, 3.05) is 0 Å². The fourth-order valence-corrected chi connectivity index (χ4v) is 2.85. The molecule has 2 nitrogen and oxygen atoms in total. The molecule has 0 spiro atoms. The van der Waals surface area contributed by atoms with Gasteiger partial charge < -0.3 is 5.11 Å². The average Bonchev–Trinajstić information content (AvgIpc) is 2.74. The van der Waals surface area contributed by atoms with Gasteiger partial charge >= 0.3 is 0 Å². The van der Waals surface area contributed by atoms with Gasteiger partial charge in [-0.15, -0.1) is 11.3 Å². The first kappa shape index (κ1) is 14.3. The summed E-state index contributed by atoms with van der Waals surface area (Å²) < 4.78 is 13.2. The van der Waals surface area contributed by atoms with Gasteiger partial charge in [0, 0.05) is 28.8 Å². The maximum absolute atomic E-state index is 13.2. The van der Waals surface area contributed by atoms with Crippen LogP contribution in [0.15, 0.2) is 17.5 Å². The van der Waals surface area contributed by atoms with Crippen molar-refractivity contribution in [2.45, 2.75) is 32.6 Å². The summed E-state index contributed by atoms with van der Waals surface area (Å²) in [5.74, 6) is -0.702. The lowest BCUT2D eigenvalue weighted by molar-refractivity contribution is 0.463. The fourth-order valence-electron chi connectivity index (χ4n) is 1.62. The highest BCUT2D eigenvalue weighted by atomic mass is 35.5. The zero-order valence-electron chi connectivity index (χ0n) is 11.0. The number of halogens is 2. The number of thiazole rings is 1. The van der Waals surface area contributed by atoms with Crippen molar-refractivity contribution >= 4 is 22.9 Å². The lowest BCUT2D eigenvalue weighted by Gasteiger charge is -2.14. The van der Waals surface area contributed by atoms with Crippen LogP contribution in [0.1, 0.15) is 37.0 Å². The van der Waals surface area contributed by atoms with E-state index in [1.807, 2.05) is 5.38 Å². The van der Waals surface area contributed by atoms with Gasteiger partial charge in [0.1, 0.15) is 11.6 Å². The Bertz CT molecular complexity index is 604. The Labute approximate surface area is 120 Å². The minimum absolute atomic E-state index is 0.00274. The smallest absolute Gasteiger partial charge is 0.145 e. The summed E-state index contributed by atoms with van der Waals surface area (Å²) in [6.07, 6.45) is 0.451. The summed E-state index contributed by atoms with van der Waals surface area (Å²) >= 11 is 7.26. The van der Waals surface area contributed by atoms with Crippen LogP contribution in [-0.4, -0.2) is 10.1 Å². The first-order valence-electron chi connectivity index (χ1n) is 5.89. The molecule has 2 rings (SSSR count). The van der Waals surface area contributed by atoms with Crippen molar-refractivity contribution in [3.8, 4) is 5.75 Å². The van der Waals surface area contributed by atoms with Crippen molar-refractivity contribution in [2.24, 2.45) is 0 Å². The molecule has 0 atom stereocenters. The van der Waals surface area contributed by atoms with Gasteiger partial charge in [0.2, 0.25) is 0 Å². The molecular formula is C14H15ClFNOS. The zero-order chi connectivity index (χ0) is 14.2. The molecule has 1 aromatic carbocycles. The van der Waals surface area contributed by atoms with E-state index in [0.29, 0.717) is 12.0 Å². The molecule has 0 amide bonds. The van der Waals surface area contributed by atoms with E-state index < -0.39 is 5.82 Å². The number of phenolic OH excluding ortho intramolecular Hbond substituents is 1. The second-order valence-corrected chi connectivity index (χ2v) is 6.80. The summed E-state index contributed by atoms with van der Waals surface area (Å²) in [4.78, 5) is 4.54. The predicted molar refractivity (Wildman–Crippen MR) is 76.7 cm³/mol. The average molecular weight is 300 g/mol. The second-order valence-electron chi connectivity index (χ2n) is 5.45. The molecule has 0 aliphatic carbocycles. The van der Waals surface area contributed by atoms with Crippen LogP contribution in [0.25, 0.3) is 0 Å². The van der Waals surface area contributed by atoms with Crippen LogP contribution >= 0.6 is 22.9 Å². The Morgan fingerprint density at radius 1 is 1.37 bits per heavy atom. The summed E-state index contributed by atoms with van der Waals surface area (Å²) in [6, 6.07) is 2.49. The SMILES string of the molecule is CC(C)(C)c1csc(Cc2cc(Cl)c(F)cc2O)n1. The van der Waals surface area contributed by atoms with Gasteiger partial charge in [0.25, 0.3) is 0 Å². The molecule has 19 heavy (non-hydrogen) atoms. The molecule has 102 valence electrons. The van der Waals surface area contributed by atoms with Crippen LogP contribution in [0.3, 0.4) is 0 Å². The molecule has 0 bridgehead atoms. The minimum atomic E-state index is -0.613. The Morgan fingerprint density at radius 3 is 2.63 bits per heavy atom. The number of benzene rings is 1. The molecule has 1 heterocycles. The third-order valence-electron chi connectivity index (χ3n) is 2.78. The molecule has 0 fully saturated rings. The number of aromatic nitrogens is 1. The predicted octanol–water partition coefficient (Wildman–Crippen LogP) is 4.53. The summed E-state index contributed by atoms with van der Waals surface area (Å²) in [5.41, 5.74) is 1.60. The highest BCUT2D eigenvalue weighted by Gasteiger charge is 2.18. The first-order chi connectivity index (χ1) is 8.77. The first-order valence-corrected chi connectivity index (χ1v) is 7.15. The molecular weight excluding hydrogens is 285 g/mol.